The molecule has 0 saturated heterocycles. The van der Waals surface area contributed by atoms with Gasteiger partial charge in [0.1, 0.15) is 0 Å². The minimum atomic E-state index is -0.515. The molecular weight excluding hydrogens is 224 g/mol. The van der Waals surface area contributed by atoms with Crippen LogP contribution in [0.15, 0.2) is 48.7 Å². The van der Waals surface area contributed by atoms with Crippen molar-refractivity contribution in [3.8, 4) is 0 Å². The summed E-state index contributed by atoms with van der Waals surface area (Å²) in [4.78, 5) is 6.38. The highest BCUT2D eigenvalue weighted by Crippen LogP contribution is 2.17. The number of hydrogen-bond acceptors (Lipinski definition) is 3. The van der Waals surface area contributed by atoms with Crippen molar-refractivity contribution in [3.05, 3.63) is 59.9 Å². The van der Waals surface area contributed by atoms with E-state index in [0.717, 1.165) is 12.2 Å². The third kappa shape index (κ3) is 3.08. The SMILES string of the molecule is C[C@@H](O)c1ccc(N(C)Cc2ccccc2)cn1. The van der Waals surface area contributed by atoms with Crippen molar-refractivity contribution in [3.63, 3.8) is 0 Å². The van der Waals surface area contributed by atoms with Gasteiger partial charge in [-0.1, -0.05) is 30.3 Å². The first kappa shape index (κ1) is 12.6. The molecule has 0 fully saturated rings. The summed E-state index contributed by atoms with van der Waals surface area (Å²) in [6, 6.07) is 14.2. The Hall–Kier alpha value is -1.87. The van der Waals surface area contributed by atoms with Crippen LogP contribution >= 0.6 is 0 Å². The number of aromatic nitrogens is 1. The van der Waals surface area contributed by atoms with E-state index >= 15 is 0 Å². The summed E-state index contributed by atoms with van der Waals surface area (Å²) in [5.41, 5.74) is 3.01. The van der Waals surface area contributed by atoms with Gasteiger partial charge in [-0.05, 0) is 24.6 Å². The molecule has 18 heavy (non-hydrogen) atoms. The van der Waals surface area contributed by atoms with Crippen LogP contribution in [0.25, 0.3) is 0 Å². The smallest absolute Gasteiger partial charge is 0.0931 e. The number of nitrogens with zero attached hydrogens (tertiary/aromatic N) is 2. The summed E-state index contributed by atoms with van der Waals surface area (Å²) in [7, 11) is 2.03. The molecule has 2 aromatic rings. The lowest BCUT2D eigenvalue weighted by Crippen LogP contribution is -2.16. The predicted molar refractivity (Wildman–Crippen MR) is 73.4 cm³/mol. The zero-order chi connectivity index (χ0) is 13.0. The Labute approximate surface area is 108 Å². The quantitative estimate of drug-likeness (QED) is 0.895. The largest absolute Gasteiger partial charge is 0.387 e. The number of hydrogen-bond donors (Lipinski definition) is 1. The Balaban J connectivity index is 2.07. The molecule has 2 rings (SSSR count). The van der Waals surface area contributed by atoms with Crippen LogP contribution < -0.4 is 4.90 Å². The lowest BCUT2D eigenvalue weighted by atomic mass is 10.2. The molecule has 0 aliphatic carbocycles. The Bertz CT molecular complexity index is 480. The van der Waals surface area contributed by atoms with Crippen LogP contribution in [-0.2, 0) is 6.54 Å². The van der Waals surface area contributed by atoms with Gasteiger partial charge in [0.25, 0.3) is 0 Å². The summed E-state index contributed by atoms with van der Waals surface area (Å²) >= 11 is 0. The van der Waals surface area contributed by atoms with E-state index in [9.17, 15) is 5.11 Å². The van der Waals surface area contributed by atoms with Crippen molar-refractivity contribution in [2.45, 2.75) is 19.6 Å². The van der Waals surface area contributed by atoms with Gasteiger partial charge >= 0.3 is 0 Å². The molecule has 0 aliphatic heterocycles. The van der Waals surface area contributed by atoms with Crippen molar-refractivity contribution < 1.29 is 5.11 Å². The summed E-state index contributed by atoms with van der Waals surface area (Å²) in [5.74, 6) is 0. The van der Waals surface area contributed by atoms with Crippen molar-refractivity contribution in [2.24, 2.45) is 0 Å². The van der Waals surface area contributed by atoms with Crippen LogP contribution in [0.5, 0.6) is 0 Å². The highest BCUT2D eigenvalue weighted by molar-refractivity contribution is 5.44. The molecule has 1 heterocycles. The molecule has 1 N–H and O–H groups in total. The van der Waals surface area contributed by atoms with Crippen molar-refractivity contribution in [1.82, 2.24) is 4.98 Å². The summed E-state index contributed by atoms with van der Waals surface area (Å²) < 4.78 is 0. The number of benzene rings is 1. The molecule has 0 spiro atoms. The van der Waals surface area contributed by atoms with E-state index in [1.807, 2.05) is 37.4 Å². The molecule has 94 valence electrons. The van der Waals surface area contributed by atoms with Gasteiger partial charge in [0.05, 0.1) is 23.7 Å². The first-order chi connectivity index (χ1) is 8.66. The maximum atomic E-state index is 9.41. The number of anilines is 1. The number of aliphatic hydroxyl groups is 1. The maximum absolute atomic E-state index is 9.41. The number of pyridine rings is 1. The van der Waals surface area contributed by atoms with E-state index in [1.54, 1.807) is 13.1 Å². The molecule has 1 aromatic carbocycles. The van der Waals surface area contributed by atoms with Gasteiger partial charge in [-0.15, -0.1) is 0 Å². The highest BCUT2D eigenvalue weighted by atomic mass is 16.3. The molecule has 0 radical (unpaired) electrons. The number of aliphatic hydroxyl groups excluding tert-OH is 1. The molecule has 0 unspecified atom stereocenters. The molecule has 3 heteroatoms. The van der Waals surface area contributed by atoms with Crippen molar-refractivity contribution in [2.75, 3.05) is 11.9 Å². The van der Waals surface area contributed by atoms with Crippen LogP contribution in [0.3, 0.4) is 0 Å². The third-order valence-corrected chi connectivity index (χ3v) is 2.90. The van der Waals surface area contributed by atoms with E-state index < -0.39 is 6.10 Å². The lowest BCUT2D eigenvalue weighted by Gasteiger charge is -2.19. The van der Waals surface area contributed by atoms with Crippen molar-refractivity contribution in [1.29, 1.82) is 0 Å². The first-order valence-corrected chi connectivity index (χ1v) is 6.06. The average Bonchev–Trinajstić information content (AvgIpc) is 2.40. The fourth-order valence-electron chi connectivity index (χ4n) is 1.82. The van der Waals surface area contributed by atoms with Crippen LogP contribution in [-0.4, -0.2) is 17.1 Å². The summed E-state index contributed by atoms with van der Waals surface area (Å²) in [6.07, 6.45) is 1.28. The van der Waals surface area contributed by atoms with E-state index in [1.165, 1.54) is 5.56 Å². The van der Waals surface area contributed by atoms with Crippen LogP contribution in [0.4, 0.5) is 5.69 Å². The normalized spacial score (nSPS) is 12.2. The zero-order valence-electron chi connectivity index (χ0n) is 10.7. The molecule has 1 aromatic heterocycles. The van der Waals surface area contributed by atoms with Gasteiger partial charge in [-0.2, -0.15) is 0 Å². The van der Waals surface area contributed by atoms with E-state index in [2.05, 4.69) is 22.0 Å². The predicted octanol–water partition coefficient (Wildman–Crippen LogP) is 2.77. The van der Waals surface area contributed by atoms with E-state index in [0.29, 0.717) is 5.69 Å². The molecule has 0 saturated carbocycles. The first-order valence-electron chi connectivity index (χ1n) is 6.06. The van der Waals surface area contributed by atoms with Crippen LogP contribution in [0.1, 0.15) is 24.3 Å². The van der Waals surface area contributed by atoms with Crippen LogP contribution in [0, 0.1) is 0 Å². The third-order valence-electron chi connectivity index (χ3n) is 2.90. The molecule has 3 nitrogen and oxygen atoms in total. The molecular formula is C15H18N2O. The Morgan fingerprint density at radius 3 is 2.44 bits per heavy atom. The standard InChI is InChI=1S/C15H18N2O/c1-12(18)15-9-8-14(10-16-15)17(2)11-13-6-4-3-5-7-13/h3-10,12,18H,11H2,1-2H3/t12-/m1/s1. The minimum Gasteiger partial charge on any atom is -0.387 e. The van der Waals surface area contributed by atoms with Gasteiger partial charge in [-0.3, -0.25) is 4.98 Å². The molecule has 0 bridgehead atoms. The molecule has 1 atom stereocenters. The van der Waals surface area contributed by atoms with Crippen molar-refractivity contribution >= 4 is 5.69 Å². The second-order valence-electron chi connectivity index (χ2n) is 4.46. The molecule has 0 amide bonds. The van der Waals surface area contributed by atoms with E-state index in [-0.39, 0.29) is 0 Å². The lowest BCUT2D eigenvalue weighted by molar-refractivity contribution is 0.194. The Morgan fingerprint density at radius 1 is 1.17 bits per heavy atom. The van der Waals surface area contributed by atoms with Gasteiger partial charge in [0, 0.05) is 13.6 Å². The van der Waals surface area contributed by atoms with Gasteiger partial charge in [0.2, 0.25) is 0 Å². The second kappa shape index (κ2) is 5.65. The van der Waals surface area contributed by atoms with Crippen LogP contribution in [0.2, 0.25) is 0 Å². The zero-order valence-corrected chi connectivity index (χ0v) is 10.7. The van der Waals surface area contributed by atoms with E-state index in [4.69, 9.17) is 0 Å². The molecule has 0 aliphatic rings. The maximum Gasteiger partial charge on any atom is 0.0931 e. The van der Waals surface area contributed by atoms with Gasteiger partial charge in [-0.25, -0.2) is 0 Å². The van der Waals surface area contributed by atoms with Gasteiger partial charge < -0.3 is 10.0 Å². The minimum absolute atomic E-state index is 0.515. The fraction of sp³-hybridized carbons (Fsp3) is 0.267. The average molecular weight is 242 g/mol. The van der Waals surface area contributed by atoms with Gasteiger partial charge in [0.15, 0.2) is 0 Å². The Kier molecular flexibility index (Phi) is 3.95. The number of rotatable bonds is 4. The highest BCUT2D eigenvalue weighted by Gasteiger charge is 2.05. The fourth-order valence-corrected chi connectivity index (χ4v) is 1.82. The summed E-state index contributed by atoms with van der Waals surface area (Å²) in [6.45, 7) is 2.56. The summed E-state index contributed by atoms with van der Waals surface area (Å²) in [5, 5.41) is 9.41. The second-order valence-corrected chi connectivity index (χ2v) is 4.46. The monoisotopic (exact) mass is 242 g/mol. The Morgan fingerprint density at radius 2 is 1.89 bits per heavy atom. The topological polar surface area (TPSA) is 36.4 Å².